The van der Waals surface area contributed by atoms with E-state index >= 15 is 0 Å². The third-order valence-corrected chi connectivity index (χ3v) is 10.3. The summed E-state index contributed by atoms with van der Waals surface area (Å²) in [6.07, 6.45) is 9.60. The summed E-state index contributed by atoms with van der Waals surface area (Å²) in [5.41, 5.74) is 14.1. The lowest BCUT2D eigenvalue weighted by molar-refractivity contribution is 0.0990. The Bertz CT molecular complexity index is 1300. The quantitative estimate of drug-likeness (QED) is 0.313. The summed E-state index contributed by atoms with van der Waals surface area (Å²) < 4.78 is 0. The van der Waals surface area contributed by atoms with Gasteiger partial charge >= 0.3 is 0 Å². The smallest absolute Gasteiger partial charge is 0.266 e. The number of thiophene rings is 3. The standard InChI is InChI=1S/C26H28N4O4S3/c27-21(31)19-13-7-3-1-5-9-15(13)36-25(19)29-23(33)17-11-12-18(35-17)24(34)30-26-20(22(28)32)14-8-4-2-6-10-16(14)37-26/h11-12H,1-10H2,(H2,27,31)(H2,28,32)(H,29,33)(H,30,34). The van der Waals surface area contributed by atoms with Crippen molar-refractivity contribution in [3.63, 3.8) is 0 Å². The minimum Gasteiger partial charge on any atom is -0.365 e. The van der Waals surface area contributed by atoms with Gasteiger partial charge in [0.2, 0.25) is 0 Å². The topological polar surface area (TPSA) is 144 Å². The number of rotatable bonds is 6. The summed E-state index contributed by atoms with van der Waals surface area (Å²) in [5.74, 6) is -1.88. The Labute approximate surface area is 226 Å². The molecule has 0 spiro atoms. The van der Waals surface area contributed by atoms with E-state index in [9.17, 15) is 19.2 Å². The Kier molecular flexibility index (Phi) is 7.45. The highest BCUT2D eigenvalue weighted by molar-refractivity contribution is 7.18. The summed E-state index contributed by atoms with van der Waals surface area (Å²) in [6.45, 7) is 0. The average Bonchev–Trinajstić information content (AvgIpc) is 3.46. The highest BCUT2D eigenvalue weighted by atomic mass is 32.1. The predicted molar refractivity (Wildman–Crippen MR) is 148 cm³/mol. The number of nitrogens with one attached hydrogen (secondary N) is 2. The molecule has 11 heteroatoms. The number of nitrogens with two attached hydrogens (primary N) is 2. The second-order valence-corrected chi connectivity index (χ2v) is 12.6. The van der Waals surface area contributed by atoms with Crippen LogP contribution in [0.2, 0.25) is 0 Å². The van der Waals surface area contributed by atoms with Crippen molar-refractivity contribution in [2.24, 2.45) is 11.5 Å². The van der Waals surface area contributed by atoms with Gasteiger partial charge in [-0.1, -0.05) is 12.8 Å². The Morgan fingerprint density at radius 3 is 1.41 bits per heavy atom. The van der Waals surface area contributed by atoms with Crippen molar-refractivity contribution in [1.29, 1.82) is 0 Å². The van der Waals surface area contributed by atoms with Crippen molar-refractivity contribution >= 4 is 67.6 Å². The SMILES string of the molecule is NC(=O)c1c(NC(=O)c2ccc(C(=O)Nc3sc4c(c3C(N)=O)CCCCC4)s2)sc2c1CCCCC2. The van der Waals surface area contributed by atoms with Crippen LogP contribution in [0.4, 0.5) is 10.0 Å². The molecular formula is C26H28N4O4S3. The first kappa shape index (κ1) is 25.6. The molecular weight excluding hydrogens is 529 g/mol. The van der Waals surface area contributed by atoms with Gasteiger partial charge in [-0.25, -0.2) is 0 Å². The molecule has 5 rings (SSSR count). The predicted octanol–water partition coefficient (Wildman–Crippen LogP) is 5.11. The summed E-state index contributed by atoms with van der Waals surface area (Å²) in [4.78, 5) is 53.4. The highest BCUT2D eigenvalue weighted by Gasteiger charge is 2.27. The summed E-state index contributed by atoms with van der Waals surface area (Å²) in [7, 11) is 0. The number of carbonyl (C=O) groups excluding carboxylic acids is 4. The van der Waals surface area contributed by atoms with Crippen molar-refractivity contribution in [1.82, 2.24) is 0 Å². The van der Waals surface area contributed by atoms with Crippen molar-refractivity contribution in [3.8, 4) is 0 Å². The maximum absolute atomic E-state index is 13.0. The number of fused-ring (bicyclic) bond motifs is 2. The molecule has 2 aliphatic carbocycles. The van der Waals surface area contributed by atoms with Gasteiger partial charge in [0, 0.05) is 9.75 Å². The number of carbonyl (C=O) groups is 4. The maximum atomic E-state index is 13.0. The van der Waals surface area contributed by atoms with Crippen LogP contribution >= 0.6 is 34.0 Å². The average molecular weight is 557 g/mol. The molecule has 194 valence electrons. The van der Waals surface area contributed by atoms with E-state index in [1.807, 2.05) is 0 Å². The fraction of sp³-hybridized carbons (Fsp3) is 0.385. The van der Waals surface area contributed by atoms with E-state index in [-0.39, 0.29) is 0 Å². The monoisotopic (exact) mass is 556 g/mol. The largest absolute Gasteiger partial charge is 0.365 e. The normalized spacial score (nSPS) is 15.1. The Hall–Kier alpha value is -3.02. The van der Waals surface area contributed by atoms with Crippen LogP contribution in [0.3, 0.4) is 0 Å². The molecule has 3 aromatic heterocycles. The van der Waals surface area contributed by atoms with Gasteiger partial charge < -0.3 is 22.1 Å². The molecule has 2 aliphatic rings. The first-order valence-electron chi connectivity index (χ1n) is 12.4. The molecule has 4 amide bonds. The zero-order valence-electron chi connectivity index (χ0n) is 20.2. The summed E-state index contributed by atoms with van der Waals surface area (Å²) >= 11 is 3.87. The third kappa shape index (κ3) is 5.21. The number of primary amides is 2. The fourth-order valence-electron chi connectivity index (χ4n) is 5.09. The minimum atomic E-state index is -0.541. The number of aryl methyl sites for hydroxylation is 2. The van der Waals surface area contributed by atoms with Gasteiger partial charge in [0.1, 0.15) is 10.0 Å². The lowest BCUT2D eigenvalue weighted by Gasteiger charge is -2.06. The van der Waals surface area contributed by atoms with E-state index in [0.717, 1.165) is 96.4 Å². The van der Waals surface area contributed by atoms with Crippen LogP contribution in [0.25, 0.3) is 0 Å². The molecule has 37 heavy (non-hydrogen) atoms. The van der Waals surface area contributed by atoms with Gasteiger partial charge in [0.05, 0.1) is 20.9 Å². The van der Waals surface area contributed by atoms with Gasteiger partial charge in [-0.2, -0.15) is 0 Å². The van der Waals surface area contributed by atoms with Crippen LogP contribution in [-0.4, -0.2) is 23.6 Å². The molecule has 0 unspecified atom stereocenters. The third-order valence-electron chi connectivity index (χ3n) is 6.84. The van der Waals surface area contributed by atoms with Crippen LogP contribution in [0.15, 0.2) is 12.1 Å². The lowest BCUT2D eigenvalue weighted by atomic mass is 10.1. The molecule has 6 N–H and O–H groups in total. The summed E-state index contributed by atoms with van der Waals surface area (Å²) in [5, 5.41) is 6.63. The fourth-order valence-corrected chi connectivity index (χ4v) is 8.47. The molecule has 0 fully saturated rings. The van der Waals surface area contributed by atoms with E-state index in [1.54, 1.807) is 12.1 Å². The van der Waals surface area contributed by atoms with Gasteiger partial charge in [-0.15, -0.1) is 34.0 Å². The minimum absolute atomic E-state index is 0.334. The second-order valence-electron chi connectivity index (χ2n) is 9.34. The molecule has 0 bridgehead atoms. The molecule has 0 radical (unpaired) electrons. The van der Waals surface area contributed by atoms with Gasteiger partial charge in [0.15, 0.2) is 0 Å². The summed E-state index contributed by atoms with van der Waals surface area (Å²) in [6, 6.07) is 3.16. The van der Waals surface area contributed by atoms with Gasteiger partial charge in [0.25, 0.3) is 23.6 Å². The Balaban J connectivity index is 1.34. The van der Waals surface area contributed by atoms with Crippen LogP contribution in [0, 0.1) is 0 Å². The second kappa shape index (κ2) is 10.8. The maximum Gasteiger partial charge on any atom is 0.266 e. The first-order valence-corrected chi connectivity index (χ1v) is 14.9. The zero-order valence-corrected chi connectivity index (χ0v) is 22.7. The van der Waals surface area contributed by atoms with Crippen LogP contribution in [0.5, 0.6) is 0 Å². The first-order chi connectivity index (χ1) is 17.8. The Morgan fingerprint density at radius 1 is 0.595 bits per heavy atom. The van der Waals surface area contributed by atoms with Crippen molar-refractivity contribution in [2.45, 2.75) is 64.2 Å². The molecule has 0 saturated heterocycles. The number of amides is 4. The van der Waals surface area contributed by atoms with Crippen molar-refractivity contribution in [2.75, 3.05) is 10.6 Å². The van der Waals surface area contributed by atoms with Crippen molar-refractivity contribution < 1.29 is 19.2 Å². The van der Waals surface area contributed by atoms with E-state index in [0.29, 0.717) is 30.9 Å². The number of anilines is 2. The van der Waals surface area contributed by atoms with E-state index in [4.69, 9.17) is 11.5 Å². The molecule has 8 nitrogen and oxygen atoms in total. The molecule has 0 atom stereocenters. The molecule has 0 aliphatic heterocycles. The zero-order chi connectivity index (χ0) is 26.1. The Morgan fingerprint density at radius 2 is 1.00 bits per heavy atom. The molecule has 3 heterocycles. The van der Waals surface area contributed by atoms with Crippen LogP contribution in [0.1, 0.15) is 99.5 Å². The van der Waals surface area contributed by atoms with Crippen LogP contribution in [-0.2, 0) is 25.7 Å². The van der Waals surface area contributed by atoms with Crippen LogP contribution < -0.4 is 22.1 Å². The van der Waals surface area contributed by atoms with E-state index in [1.165, 1.54) is 22.7 Å². The van der Waals surface area contributed by atoms with Crippen molar-refractivity contribution in [3.05, 3.63) is 53.9 Å². The molecule has 0 saturated carbocycles. The molecule has 0 aromatic carbocycles. The van der Waals surface area contributed by atoms with Gasteiger partial charge in [-0.05, 0) is 74.6 Å². The molecule has 3 aromatic rings. The highest BCUT2D eigenvalue weighted by Crippen LogP contribution is 2.39. The van der Waals surface area contributed by atoms with Gasteiger partial charge in [-0.3, -0.25) is 19.2 Å². The van der Waals surface area contributed by atoms with E-state index in [2.05, 4.69) is 10.6 Å². The lowest BCUT2D eigenvalue weighted by Crippen LogP contribution is -2.18. The number of hydrogen-bond donors (Lipinski definition) is 4. The van der Waals surface area contributed by atoms with E-state index < -0.39 is 23.6 Å². The number of hydrogen-bond acceptors (Lipinski definition) is 7.